The van der Waals surface area contributed by atoms with Gasteiger partial charge < -0.3 is 20.5 Å². The van der Waals surface area contributed by atoms with Crippen molar-refractivity contribution < 1.29 is 8.78 Å². The summed E-state index contributed by atoms with van der Waals surface area (Å²) in [6, 6.07) is 6.89. The molecule has 3 aromatic heterocycles. The number of hydrogen-bond donors (Lipinski definition) is 2. The van der Waals surface area contributed by atoms with Gasteiger partial charge in [-0.3, -0.25) is 0 Å². The Labute approximate surface area is 227 Å². The van der Waals surface area contributed by atoms with Gasteiger partial charge in [-0.2, -0.15) is 0 Å². The molecule has 1 aromatic carbocycles. The number of anilines is 2. The van der Waals surface area contributed by atoms with E-state index in [9.17, 15) is 8.78 Å². The summed E-state index contributed by atoms with van der Waals surface area (Å²) < 4.78 is 31.8. The van der Waals surface area contributed by atoms with Crippen LogP contribution in [-0.4, -0.2) is 54.6 Å². The lowest BCUT2D eigenvalue weighted by atomic mass is 9.75. The molecule has 0 aliphatic carbocycles. The van der Waals surface area contributed by atoms with E-state index in [2.05, 4.69) is 44.0 Å². The lowest BCUT2D eigenvalue weighted by Gasteiger charge is -2.43. The summed E-state index contributed by atoms with van der Waals surface area (Å²) in [7, 11) is 0. The molecule has 1 aliphatic heterocycles. The minimum Gasteiger partial charge on any atom is -0.326 e. The molecular formula is C29H36F2N8. The number of aromatic nitrogens is 5. The number of hydrogen-bond acceptors (Lipinski definition) is 7. The number of nitrogens with zero attached hydrogens (tertiary/aromatic N) is 6. The molecule has 1 unspecified atom stereocenters. The second kappa shape index (κ2) is 10.6. The smallest absolute Gasteiger partial charge is 0.229 e. The van der Waals surface area contributed by atoms with Gasteiger partial charge in [0.25, 0.3) is 0 Å². The van der Waals surface area contributed by atoms with Crippen LogP contribution in [0.2, 0.25) is 0 Å². The first-order valence-electron chi connectivity index (χ1n) is 13.5. The van der Waals surface area contributed by atoms with Crippen LogP contribution in [0.25, 0.3) is 22.3 Å². The molecule has 39 heavy (non-hydrogen) atoms. The molecule has 0 saturated carbocycles. The maximum Gasteiger partial charge on any atom is 0.229 e. The van der Waals surface area contributed by atoms with E-state index in [1.807, 2.05) is 43.7 Å². The molecule has 0 bridgehead atoms. The first kappa shape index (κ1) is 27.1. The van der Waals surface area contributed by atoms with E-state index >= 15 is 0 Å². The number of aryl methyl sites for hydroxylation is 1. The van der Waals surface area contributed by atoms with Gasteiger partial charge in [0.1, 0.15) is 22.9 Å². The molecule has 8 nitrogen and oxygen atoms in total. The Morgan fingerprint density at radius 2 is 1.77 bits per heavy atom. The minimum atomic E-state index is -0.647. The summed E-state index contributed by atoms with van der Waals surface area (Å²) >= 11 is 0. The quantitative estimate of drug-likeness (QED) is 0.313. The molecule has 4 heterocycles. The highest BCUT2D eigenvalue weighted by Gasteiger charge is 2.36. The molecule has 10 heteroatoms. The summed E-state index contributed by atoms with van der Waals surface area (Å²) in [6.45, 7) is 13.2. The second-order valence-corrected chi connectivity index (χ2v) is 10.8. The Kier molecular flexibility index (Phi) is 7.35. The maximum atomic E-state index is 15.0. The van der Waals surface area contributed by atoms with Crippen LogP contribution in [-0.2, 0) is 0 Å². The van der Waals surface area contributed by atoms with Crippen molar-refractivity contribution in [1.29, 1.82) is 0 Å². The van der Waals surface area contributed by atoms with E-state index in [1.54, 1.807) is 6.07 Å². The zero-order valence-electron chi connectivity index (χ0n) is 23.2. The van der Waals surface area contributed by atoms with Crippen molar-refractivity contribution >= 4 is 22.8 Å². The van der Waals surface area contributed by atoms with Crippen molar-refractivity contribution in [3.63, 3.8) is 0 Å². The van der Waals surface area contributed by atoms with E-state index in [4.69, 9.17) is 5.73 Å². The predicted molar refractivity (Wildman–Crippen MR) is 150 cm³/mol. The number of imidazole rings is 1. The van der Waals surface area contributed by atoms with Crippen molar-refractivity contribution in [3.05, 3.63) is 59.7 Å². The molecule has 4 aromatic rings. The van der Waals surface area contributed by atoms with Crippen LogP contribution in [0, 0.1) is 18.6 Å². The Morgan fingerprint density at radius 3 is 2.41 bits per heavy atom. The SMILES string of the molecule is CCN1CCC(N)(C(C)c2ccc(Nc3ncc(F)c(-c4cc(F)c5nc(C)n(C(C)C)c5c4)n3)nc2)CC1. The lowest BCUT2D eigenvalue weighted by Crippen LogP contribution is -2.53. The van der Waals surface area contributed by atoms with Gasteiger partial charge in [0, 0.05) is 29.3 Å². The van der Waals surface area contributed by atoms with E-state index < -0.39 is 11.6 Å². The summed E-state index contributed by atoms with van der Waals surface area (Å²) in [4.78, 5) is 19.8. The molecule has 0 spiro atoms. The third-order valence-electron chi connectivity index (χ3n) is 8.08. The number of rotatable bonds is 7. The van der Waals surface area contributed by atoms with Gasteiger partial charge in [-0.15, -0.1) is 0 Å². The number of halogens is 2. The number of nitrogens with two attached hydrogens (primary N) is 1. The molecule has 1 saturated heterocycles. The number of nitrogens with one attached hydrogen (secondary N) is 1. The Bertz CT molecular complexity index is 1470. The van der Waals surface area contributed by atoms with Crippen LogP contribution in [0.4, 0.5) is 20.5 Å². The minimum absolute atomic E-state index is 0.00352. The normalized spacial score (nSPS) is 16.6. The summed E-state index contributed by atoms with van der Waals surface area (Å²) in [5.74, 6) is 0.353. The number of benzene rings is 1. The molecule has 1 atom stereocenters. The lowest BCUT2D eigenvalue weighted by molar-refractivity contribution is 0.152. The number of likely N-dealkylation sites (tertiary alicyclic amines) is 1. The molecule has 5 rings (SSSR count). The highest BCUT2D eigenvalue weighted by atomic mass is 19.1. The van der Waals surface area contributed by atoms with Gasteiger partial charge in [-0.05, 0) is 77.0 Å². The zero-order chi connectivity index (χ0) is 27.9. The fourth-order valence-electron chi connectivity index (χ4n) is 5.59. The van der Waals surface area contributed by atoms with Crippen LogP contribution in [0.3, 0.4) is 0 Å². The van der Waals surface area contributed by atoms with Gasteiger partial charge in [-0.1, -0.05) is 19.9 Å². The molecule has 1 aliphatic rings. The summed E-state index contributed by atoms with van der Waals surface area (Å²) in [5.41, 5.74) is 8.77. The van der Waals surface area contributed by atoms with Gasteiger partial charge in [-0.25, -0.2) is 28.7 Å². The van der Waals surface area contributed by atoms with Crippen LogP contribution in [0.1, 0.15) is 63.9 Å². The van der Waals surface area contributed by atoms with Gasteiger partial charge >= 0.3 is 0 Å². The molecule has 0 radical (unpaired) electrons. The monoisotopic (exact) mass is 534 g/mol. The molecule has 206 valence electrons. The topological polar surface area (TPSA) is 97.8 Å². The number of fused-ring (bicyclic) bond motifs is 1. The van der Waals surface area contributed by atoms with Crippen LogP contribution in [0.15, 0.2) is 36.7 Å². The fourth-order valence-corrected chi connectivity index (χ4v) is 5.59. The van der Waals surface area contributed by atoms with Gasteiger partial charge in [0.2, 0.25) is 5.95 Å². The van der Waals surface area contributed by atoms with Crippen molar-refractivity contribution in [2.24, 2.45) is 5.73 Å². The zero-order valence-corrected chi connectivity index (χ0v) is 23.2. The van der Waals surface area contributed by atoms with E-state index in [0.717, 1.165) is 44.2 Å². The number of piperidine rings is 1. The van der Waals surface area contributed by atoms with E-state index in [0.29, 0.717) is 22.7 Å². The van der Waals surface area contributed by atoms with Gasteiger partial charge in [0.15, 0.2) is 11.6 Å². The fraction of sp³-hybridized carbons (Fsp3) is 0.448. The Balaban J connectivity index is 1.38. The van der Waals surface area contributed by atoms with Crippen LogP contribution in [0.5, 0.6) is 0 Å². The molecule has 3 N–H and O–H groups in total. The first-order valence-corrected chi connectivity index (χ1v) is 13.5. The Morgan fingerprint density at radius 1 is 1.03 bits per heavy atom. The van der Waals surface area contributed by atoms with Crippen molar-refractivity contribution in [3.8, 4) is 11.3 Å². The third kappa shape index (κ3) is 5.23. The van der Waals surface area contributed by atoms with Crippen molar-refractivity contribution in [2.75, 3.05) is 25.0 Å². The second-order valence-electron chi connectivity index (χ2n) is 10.8. The van der Waals surface area contributed by atoms with Crippen molar-refractivity contribution in [1.82, 2.24) is 29.4 Å². The third-order valence-corrected chi connectivity index (χ3v) is 8.08. The Hall–Kier alpha value is -3.50. The van der Waals surface area contributed by atoms with Crippen LogP contribution >= 0.6 is 0 Å². The summed E-state index contributed by atoms with van der Waals surface area (Å²) in [5, 5.41) is 3.05. The molecular weight excluding hydrogens is 498 g/mol. The van der Waals surface area contributed by atoms with E-state index in [-0.39, 0.29) is 34.7 Å². The largest absolute Gasteiger partial charge is 0.326 e. The average Bonchev–Trinajstić information content (AvgIpc) is 3.27. The van der Waals surface area contributed by atoms with Crippen LogP contribution < -0.4 is 11.1 Å². The maximum absolute atomic E-state index is 15.0. The predicted octanol–water partition coefficient (Wildman–Crippen LogP) is 5.72. The van der Waals surface area contributed by atoms with Crippen molar-refractivity contribution in [2.45, 2.75) is 65.0 Å². The molecule has 1 fully saturated rings. The summed E-state index contributed by atoms with van der Waals surface area (Å²) in [6.07, 6.45) is 4.78. The highest BCUT2D eigenvalue weighted by molar-refractivity contribution is 5.83. The number of pyridine rings is 1. The molecule has 0 amide bonds. The van der Waals surface area contributed by atoms with Gasteiger partial charge in [0.05, 0.1) is 11.7 Å². The standard InChI is InChI=1S/C29H36F2N8/c1-6-38-11-9-29(32,10-12-38)18(4)20-7-8-25(33-15-20)36-28-34-16-23(31)26(37-28)21-13-22(30)27-24(14-21)39(17(2)3)19(5)35-27/h7-8,13-18H,6,9-12,32H2,1-5H3,(H,33,34,36,37). The van der Waals surface area contributed by atoms with E-state index in [1.165, 1.54) is 6.07 Å². The average molecular weight is 535 g/mol. The first-order chi connectivity index (χ1) is 18.6. The highest BCUT2D eigenvalue weighted by Crippen LogP contribution is 2.35.